The van der Waals surface area contributed by atoms with Crippen LogP contribution < -0.4 is 15.4 Å². The molecule has 2 N–H and O–H groups in total. The minimum Gasteiger partial charge on any atom is -0.481 e. The molecule has 0 spiro atoms. The number of hydrogen-bond acceptors (Lipinski definition) is 8. The van der Waals surface area contributed by atoms with Gasteiger partial charge in [-0.15, -0.1) is 0 Å². The molecule has 1 saturated carbocycles. The number of carbonyl (C=O) groups is 2. The normalized spacial score (nSPS) is 18.5. The number of pyridine rings is 1. The molecule has 4 rings (SSSR count). The van der Waals surface area contributed by atoms with Crippen LogP contribution in [0.3, 0.4) is 0 Å². The Bertz CT molecular complexity index is 1000. The summed E-state index contributed by atoms with van der Waals surface area (Å²) in [6.07, 6.45) is 3.46. The van der Waals surface area contributed by atoms with Crippen molar-refractivity contribution in [1.82, 2.24) is 30.3 Å². The molecule has 2 aromatic rings. The average Bonchev–Trinajstić information content (AvgIpc) is 3.64. The quantitative estimate of drug-likeness (QED) is 0.488. The van der Waals surface area contributed by atoms with E-state index in [1.54, 1.807) is 13.3 Å². The molecule has 2 aliphatic rings. The molecule has 3 heterocycles. The smallest absolute Gasteiger partial charge is 0.406 e. The Morgan fingerprint density at radius 3 is 2.80 bits per heavy atom. The molecule has 35 heavy (non-hydrogen) atoms. The van der Waals surface area contributed by atoms with Crippen molar-refractivity contribution in [2.24, 2.45) is 0 Å². The van der Waals surface area contributed by atoms with Gasteiger partial charge in [0.2, 0.25) is 5.88 Å². The Morgan fingerprint density at radius 2 is 2.17 bits per heavy atom. The van der Waals surface area contributed by atoms with Crippen molar-refractivity contribution in [2.75, 3.05) is 40.5 Å². The van der Waals surface area contributed by atoms with E-state index in [9.17, 15) is 9.59 Å². The summed E-state index contributed by atoms with van der Waals surface area (Å²) in [5.41, 5.74) is 2.58. The maximum atomic E-state index is 13.4. The second kappa shape index (κ2) is 11.5. The highest BCUT2D eigenvalue weighted by Crippen LogP contribution is 2.36. The number of nitrogens with zero attached hydrogens (tertiary/aromatic N) is 4. The Balaban J connectivity index is 1.57. The largest absolute Gasteiger partial charge is 0.481 e. The number of amides is 2. The predicted molar refractivity (Wildman–Crippen MR) is 128 cm³/mol. The van der Waals surface area contributed by atoms with Gasteiger partial charge < -0.3 is 29.7 Å². The van der Waals surface area contributed by atoms with Crippen LogP contribution in [0.1, 0.15) is 37.9 Å². The molecule has 0 aromatic carbocycles. The first-order valence-electron chi connectivity index (χ1n) is 12.1. The lowest BCUT2D eigenvalue weighted by Gasteiger charge is -2.33. The van der Waals surface area contributed by atoms with Crippen LogP contribution in [0.15, 0.2) is 24.4 Å². The number of hydrogen-bond donors (Lipinski definition) is 2. The van der Waals surface area contributed by atoms with Crippen LogP contribution >= 0.6 is 0 Å². The Morgan fingerprint density at radius 1 is 1.34 bits per heavy atom. The monoisotopic (exact) mass is 486 g/mol. The number of morpholine rings is 1. The molecule has 11 heteroatoms. The molecular weight excluding hydrogens is 452 g/mol. The first-order chi connectivity index (χ1) is 17.0. The van der Waals surface area contributed by atoms with Gasteiger partial charge in [-0.3, -0.25) is 9.48 Å². The van der Waals surface area contributed by atoms with Gasteiger partial charge in [-0.1, -0.05) is 0 Å². The fourth-order valence-electron chi connectivity index (χ4n) is 4.26. The van der Waals surface area contributed by atoms with E-state index in [0.29, 0.717) is 38.5 Å². The van der Waals surface area contributed by atoms with Gasteiger partial charge in [0.15, 0.2) is 0 Å². The maximum absolute atomic E-state index is 13.4. The Kier molecular flexibility index (Phi) is 8.19. The van der Waals surface area contributed by atoms with Crippen LogP contribution in [0.5, 0.6) is 5.88 Å². The summed E-state index contributed by atoms with van der Waals surface area (Å²) in [5.74, 6) is 0.541. The highest BCUT2D eigenvalue weighted by atomic mass is 16.5. The first-order valence-corrected chi connectivity index (χ1v) is 12.1. The Hall–Kier alpha value is -3.18. The zero-order chi connectivity index (χ0) is 24.8. The second-order valence-corrected chi connectivity index (χ2v) is 8.75. The van der Waals surface area contributed by atoms with Gasteiger partial charge >= 0.3 is 6.09 Å². The summed E-state index contributed by atoms with van der Waals surface area (Å²) in [4.78, 5) is 31.0. The SMILES string of the molecule is COC(=O)NCCCn1nc([C@@H](C)N(C(=O)[C@H]2CNCCO2)C2CC2)cc1-c1ccc(OC)nc1. The Labute approximate surface area is 205 Å². The van der Waals surface area contributed by atoms with Crippen molar-refractivity contribution >= 4 is 12.0 Å². The molecular formula is C24H34N6O5. The topological polar surface area (TPSA) is 120 Å². The fraction of sp³-hybridized carbons (Fsp3) is 0.583. The zero-order valence-electron chi connectivity index (χ0n) is 20.5. The van der Waals surface area contributed by atoms with Gasteiger partial charge in [-0.25, -0.2) is 9.78 Å². The van der Waals surface area contributed by atoms with Gasteiger partial charge in [0, 0.05) is 50.0 Å². The van der Waals surface area contributed by atoms with Crippen molar-refractivity contribution in [1.29, 1.82) is 0 Å². The van der Waals surface area contributed by atoms with Crippen molar-refractivity contribution in [3.8, 4) is 17.1 Å². The molecule has 1 aliphatic carbocycles. The predicted octanol–water partition coefficient (Wildman–Crippen LogP) is 1.74. The summed E-state index contributed by atoms with van der Waals surface area (Å²) in [6.45, 7) is 4.87. The number of aryl methyl sites for hydroxylation is 1. The average molecular weight is 487 g/mol. The number of ether oxygens (including phenoxy) is 3. The number of nitrogens with one attached hydrogen (secondary N) is 2. The van der Waals surface area contributed by atoms with E-state index >= 15 is 0 Å². The van der Waals surface area contributed by atoms with E-state index in [0.717, 1.165) is 36.3 Å². The van der Waals surface area contributed by atoms with E-state index in [1.807, 2.05) is 34.7 Å². The fourth-order valence-corrected chi connectivity index (χ4v) is 4.26. The molecule has 1 aliphatic heterocycles. The summed E-state index contributed by atoms with van der Waals surface area (Å²) in [5, 5.41) is 10.8. The maximum Gasteiger partial charge on any atom is 0.406 e. The molecule has 2 aromatic heterocycles. The second-order valence-electron chi connectivity index (χ2n) is 8.75. The molecule has 2 atom stereocenters. The lowest BCUT2D eigenvalue weighted by atomic mass is 10.1. The van der Waals surface area contributed by atoms with Gasteiger partial charge in [-0.05, 0) is 38.3 Å². The molecule has 0 unspecified atom stereocenters. The minimum absolute atomic E-state index is 0.0108. The van der Waals surface area contributed by atoms with Gasteiger partial charge in [0.05, 0.1) is 38.3 Å². The third-order valence-electron chi connectivity index (χ3n) is 6.28. The molecule has 1 saturated heterocycles. The number of carbonyl (C=O) groups excluding carboxylic acids is 2. The van der Waals surface area contributed by atoms with E-state index in [1.165, 1.54) is 7.11 Å². The van der Waals surface area contributed by atoms with Crippen LogP contribution in [0.4, 0.5) is 4.79 Å². The van der Waals surface area contributed by atoms with Crippen LogP contribution in [-0.2, 0) is 20.8 Å². The van der Waals surface area contributed by atoms with E-state index < -0.39 is 12.2 Å². The molecule has 190 valence electrons. The zero-order valence-corrected chi connectivity index (χ0v) is 20.5. The molecule has 2 amide bonds. The van der Waals surface area contributed by atoms with Crippen molar-refractivity contribution in [3.63, 3.8) is 0 Å². The summed E-state index contributed by atoms with van der Waals surface area (Å²) < 4.78 is 17.5. The lowest BCUT2D eigenvalue weighted by Crippen LogP contribution is -2.50. The number of rotatable bonds is 10. The summed E-state index contributed by atoms with van der Waals surface area (Å²) >= 11 is 0. The number of alkyl carbamates (subject to hydrolysis) is 1. The molecule has 0 bridgehead atoms. The standard InChI is InChI=1S/C24H34N6O5/c1-16(30(18-6-7-18)23(31)21-15-25-10-12-35-21)19-13-20(17-5-8-22(33-2)27-14-17)29(28-19)11-4-9-26-24(32)34-3/h5,8,13-14,16,18,21,25H,4,6-7,9-12,15H2,1-3H3,(H,26,32)/t16-,21-/m1/s1. The van der Waals surface area contributed by atoms with Crippen LogP contribution in [0.2, 0.25) is 0 Å². The van der Waals surface area contributed by atoms with Crippen LogP contribution in [-0.4, -0.2) is 84.3 Å². The van der Waals surface area contributed by atoms with Crippen LogP contribution in [0, 0.1) is 0 Å². The van der Waals surface area contributed by atoms with E-state index in [4.69, 9.17) is 14.6 Å². The molecule has 2 fully saturated rings. The van der Waals surface area contributed by atoms with E-state index in [2.05, 4.69) is 20.4 Å². The van der Waals surface area contributed by atoms with Gasteiger partial charge in [-0.2, -0.15) is 5.10 Å². The number of aromatic nitrogens is 3. The minimum atomic E-state index is -0.469. The van der Waals surface area contributed by atoms with Crippen molar-refractivity contribution < 1.29 is 23.8 Å². The molecule has 0 radical (unpaired) electrons. The third-order valence-corrected chi connectivity index (χ3v) is 6.28. The highest BCUT2D eigenvalue weighted by molar-refractivity contribution is 5.82. The third kappa shape index (κ3) is 6.09. The van der Waals surface area contributed by atoms with Crippen molar-refractivity contribution in [2.45, 2.75) is 50.9 Å². The van der Waals surface area contributed by atoms with Crippen molar-refractivity contribution in [3.05, 3.63) is 30.1 Å². The van der Waals surface area contributed by atoms with Crippen LogP contribution in [0.25, 0.3) is 11.3 Å². The summed E-state index contributed by atoms with van der Waals surface area (Å²) in [6, 6.07) is 5.77. The first kappa shape index (κ1) is 24.9. The molecule has 11 nitrogen and oxygen atoms in total. The van der Waals surface area contributed by atoms with E-state index in [-0.39, 0.29) is 18.0 Å². The van der Waals surface area contributed by atoms with Gasteiger partial charge in [0.25, 0.3) is 5.91 Å². The number of methoxy groups -OCH3 is 2. The lowest BCUT2D eigenvalue weighted by molar-refractivity contribution is -0.148. The summed E-state index contributed by atoms with van der Waals surface area (Å²) in [7, 11) is 2.92. The highest BCUT2D eigenvalue weighted by Gasteiger charge is 2.40. The van der Waals surface area contributed by atoms with Gasteiger partial charge in [0.1, 0.15) is 6.10 Å².